The molecule has 0 aliphatic rings. The molecule has 0 aliphatic carbocycles. The third kappa shape index (κ3) is 5.02. The summed E-state index contributed by atoms with van der Waals surface area (Å²) in [6, 6.07) is 8.29. The Morgan fingerprint density at radius 3 is 2.29 bits per heavy atom. The Hall–Kier alpha value is -2.17. The predicted octanol–water partition coefficient (Wildman–Crippen LogP) is 3.75. The van der Waals surface area contributed by atoms with Crippen molar-refractivity contribution in [3.8, 4) is 0 Å². The van der Waals surface area contributed by atoms with Gasteiger partial charge in [0.05, 0.1) is 0 Å². The third-order valence-electron chi connectivity index (χ3n) is 2.73. The van der Waals surface area contributed by atoms with Crippen LogP contribution in [0.3, 0.4) is 0 Å². The second-order valence-electron chi connectivity index (χ2n) is 6.04. The van der Waals surface area contributed by atoms with Crippen LogP contribution in [0.2, 0.25) is 0 Å². The lowest BCUT2D eigenvalue weighted by Crippen LogP contribution is -2.27. The largest absolute Gasteiger partial charge is 0.366 e. The van der Waals surface area contributed by atoms with Gasteiger partial charge in [-0.3, -0.25) is 0 Å². The molecule has 1 aromatic carbocycles. The number of hydrogen-bond acceptors (Lipinski definition) is 4. The Morgan fingerprint density at radius 2 is 1.67 bits per heavy atom. The van der Waals surface area contributed by atoms with Crippen LogP contribution in [0, 0.1) is 12.7 Å². The molecule has 0 aliphatic heterocycles. The van der Waals surface area contributed by atoms with Gasteiger partial charge in [0, 0.05) is 18.2 Å². The van der Waals surface area contributed by atoms with Crippen LogP contribution in [0.1, 0.15) is 32.2 Å². The summed E-state index contributed by atoms with van der Waals surface area (Å²) in [5, 5.41) is 6.56. The minimum Gasteiger partial charge on any atom is -0.366 e. The van der Waals surface area contributed by atoms with Crippen molar-refractivity contribution in [2.24, 2.45) is 0 Å². The highest BCUT2D eigenvalue weighted by Crippen LogP contribution is 2.16. The zero-order valence-electron chi connectivity index (χ0n) is 12.9. The highest BCUT2D eigenvalue weighted by atomic mass is 19.1. The molecule has 1 aromatic heterocycles. The van der Waals surface area contributed by atoms with E-state index >= 15 is 0 Å². The zero-order valence-corrected chi connectivity index (χ0v) is 12.9. The topological polar surface area (TPSA) is 49.8 Å². The maximum Gasteiger partial charge on any atom is 0.132 e. The maximum atomic E-state index is 12.9. The van der Waals surface area contributed by atoms with Gasteiger partial charge in [-0.15, -0.1) is 0 Å². The Kier molecular flexibility index (Phi) is 4.40. The van der Waals surface area contributed by atoms with E-state index in [-0.39, 0.29) is 11.4 Å². The van der Waals surface area contributed by atoms with Gasteiger partial charge in [-0.05, 0) is 45.4 Å². The van der Waals surface area contributed by atoms with Crippen LogP contribution in [-0.2, 0) is 6.54 Å². The van der Waals surface area contributed by atoms with Crippen molar-refractivity contribution in [2.75, 3.05) is 10.6 Å². The molecule has 21 heavy (non-hydrogen) atoms. The van der Waals surface area contributed by atoms with Gasteiger partial charge in [-0.25, -0.2) is 14.4 Å². The molecule has 2 rings (SSSR count). The molecule has 0 saturated heterocycles. The molecule has 0 unspecified atom stereocenters. The fourth-order valence-electron chi connectivity index (χ4n) is 1.90. The predicted molar refractivity (Wildman–Crippen MR) is 83.9 cm³/mol. The summed E-state index contributed by atoms with van der Waals surface area (Å²) in [4.78, 5) is 8.73. The minimum absolute atomic E-state index is 0.0605. The first kappa shape index (κ1) is 15.2. The van der Waals surface area contributed by atoms with E-state index in [1.165, 1.54) is 12.1 Å². The van der Waals surface area contributed by atoms with Crippen LogP contribution in [0.4, 0.5) is 16.0 Å². The van der Waals surface area contributed by atoms with Crippen LogP contribution in [0.15, 0.2) is 30.3 Å². The molecule has 0 bridgehead atoms. The second kappa shape index (κ2) is 6.08. The van der Waals surface area contributed by atoms with Crippen molar-refractivity contribution in [3.05, 3.63) is 47.5 Å². The number of aromatic nitrogens is 2. The molecule has 1 heterocycles. The second-order valence-corrected chi connectivity index (χ2v) is 6.04. The van der Waals surface area contributed by atoms with Crippen molar-refractivity contribution in [3.63, 3.8) is 0 Å². The highest BCUT2D eigenvalue weighted by molar-refractivity contribution is 5.48. The molecular weight excluding hydrogens is 267 g/mol. The normalized spacial score (nSPS) is 11.3. The van der Waals surface area contributed by atoms with Gasteiger partial charge < -0.3 is 10.6 Å². The molecule has 0 spiro atoms. The average molecular weight is 288 g/mol. The van der Waals surface area contributed by atoms with Crippen LogP contribution in [-0.4, -0.2) is 15.5 Å². The van der Waals surface area contributed by atoms with E-state index in [9.17, 15) is 4.39 Å². The summed E-state index contributed by atoms with van der Waals surface area (Å²) >= 11 is 0. The fourth-order valence-corrected chi connectivity index (χ4v) is 1.90. The number of halogens is 1. The Bertz CT molecular complexity index is 603. The Labute approximate surface area is 124 Å². The SMILES string of the molecule is Cc1nc(NCc2ccc(F)cc2)cc(NC(C)(C)C)n1. The summed E-state index contributed by atoms with van der Waals surface area (Å²) in [5.41, 5.74) is 0.938. The third-order valence-corrected chi connectivity index (χ3v) is 2.73. The van der Waals surface area contributed by atoms with E-state index in [0.29, 0.717) is 12.4 Å². The average Bonchev–Trinajstić information content (AvgIpc) is 2.35. The molecule has 5 heteroatoms. The van der Waals surface area contributed by atoms with E-state index in [1.807, 2.05) is 13.0 Å². The minimum atomic E-state index is -0.228. The standard InChI is InChI=1S/C16H21FN4/c1-11-19-14(9-15(20-11)21-16(2,3)4)18-10-12-5-7-13(17)8-6-12/h5-9H,10H2,1-4H3,(H2,18,19,20,21). The Morgan fingerprint density at radius 1 is 1.05 bits per heavy atom. The summed E-state index contributed by atoms with van der Waals surface area (Å²) in [6.07, 6.45) is 0. The van der Waals surface area contributed by atoms with E-state index in [0.717, 1.165) is 17.2 Å². The van der Waals surface area contributed by atoms with Crippen molar-refractivity contribution < 1.29 is 4.39 Å². The first-order chi connectivity index (χ1) is 9.82. The van der Waals surface area contributed by atoms with Gasteiger partial charge in [-0.1, -0.05) is 12.1 Å². The zero-order chi connectivity index (χ0) is 15.5. The van der Waals surface area contributed by atoms with Crippen molar-refractivity contribution in [2.45, 2.75) is 39.8 Å². The number of nitrogens with one attached hydrogen (secondary N) is 2. The van der Waals surface area contributed by atoms with Gasteiger partial charge >= 0.3 is 0 Å². The van der Waals surface area contributed by atoms with Gasteiger partial charge in [0.1, 0.15) is 23.3 Å². The maximum absolute atomic E-state index is 12.9. The van der Waals surface area contributed by atoms with Crippen molar-refractivity contribution in [1.82, 2.24) is 9.97 Å². The number of hydrogen-bond donors (Lipinski definition) is 2. The van der Waals surface area contributed by atoms with E-state index in [1.54, 1.807) is 12.1 Å². The first-order valence-electron chi connectivity index (χ1n) is 6.94. The Balaban J connectivity index is 2.07. The molecule has 2 N–H and O–H groups in total. The molecule has 0 radical (unpaired) electrons. The molecule has 0 atom stereocenters. The molecular formula is C16H21FN4. The van der Waals surface area contributed by atoms with Gasteiger partial charge in [0.15, 0.2) is 0 Å². The monoisotopic (exact) mass is 288 g/mol. The summed E-state index contributed by atoms with van der Waals surface area (Å²) in [6.45, 7) is 8.69. The van der Waals surface area contributed by atoms with Crippen molar-refractivity contribution in [1.29, 1.82) is 0 Å². The summed E-state index contributed by atoms with van der Waals surface area (Å²) in [5.74, 6) is 2.01. The molecule has 0 saturated carbocycles. The smallest absolute Gasteiger partial charge is 0.132 e. The van der Waals surface area contributed by atoms with Crippen LogP contribution in [0.5, 0.6) is 0 Å². The summed E-state index contributed by atoms with van der Waals surface area (Å²) < 4.78 is 12.9. The van der Waals surface area contributed by atoms with Crippen molar-refractivity contribution >= 4 is 11.6 Å². The number of benzene rings is 1. The van der Waals surface area contributed by atoms with Gasteiger partial charge in [0.25, 0.3) is 0 Å². The molecule has 0 amide bonds. The fraction of sp³-hybridized carbons (Fsp3) is 0.375. The molecule has 2 aromatic rings. The lowest BCUT2D eigenvalue weighted by Gasteiger charge is -2.21. The number of aryl methyl sites for hydroxylation is 1. The number of anilines is 2. The van der Waals surface area contributed by atoms with E-state index in [4.69, 9.17) is 0 Å². The van der Waals surface area contributed by atoms with Gasteiger partial charge in [0.2, 0.25) is 0 Å². The number of nitrogens with zero attached hydrogens (tertiary/aromatic N) is 2. The lowest BCUT2D eigenvalue weighted by atomic mass is 10.1. The highest BCUT2D eigenvalue weighted by Gasteiger charge is 2.11. The molecule has 112 valence electrons. The number of rotatable bonds is 4. The lowest BCUT2D eigenvalue weighted by molar-refractivity contribution is 0.627. The summed E-state index contributed by atoms with van der Waals surface area (Å²) in [7, 11) is 0. The van der Waals surface area contributed by atoms with Crippen LogP contribution in [0.25, 0.3) is 0 Å². The molecule has 0 fully saturated rings. The quantitative estimate of drug-likeness (QED) is 0.899. The van der Waals surface area contributed by atoms with E-state index in [2.05, 4.69) is 41.4 Å². The molecule has 4 nitrogen and oxygen atoms in total. The van der Waals surface area contributed by atoms with Gasteiger partial charge in [-0.2, -0.15) is 0 Å². The van der Waals surface area contributed by atoms with E-state index < -0.39 is 0 Å². The van der Waals surface area contributed by atoms with Crippen LogP contribution >= 0.6 is 0 Å². The first-order valence-corrected chi connectivity index (χ1v) is 6.94. The van der Waals surface area contributed by atoms with Crippen LogP contribution < -0.4 is 10.6 Å².